The fourth-order valence-electron chi connectivity index (χ4n) is 7.34. The maximum Gasteiger partial charge on any atom is 0.326 e. The van der Waals surface area contributed by atoms with Crippen LogP contribution in [0.25, 0.3) is 0 Å². The average Bonchev–Trinajstić information content (AvgIpc) is 3.93. The Labute approximate surface area is 318 Å². The van der Waals surface area contributed by atoms with Crippen molar-refractivity contribution in [2.24, 2.45) is 17.4 Å². The predicted octanol–water partition coefficient (Wildman–Crippen LogP) is -2.70. The van der Waals surface area contributed by atoms with Gasteiger partial charge in [0.05, 0.1) is 19.1 Å². The van der Waals surface area contributed by atoms with Gasteiger partial charge in [0.25, 0.3) is 0 Å². The molecular formula is C36H52N8O11. The third kappa shape index (κ3) is 10.5. The van der Waals surface area contributed by atoms with Gasteiger partial charge < -0.3 is 57.4 Å². The molecule has 3 fully saturated rings. The first-order valence-electron chi connectivity index (χ1n) is 18.5. The summed E-state index contributed by atoms with van der Waals surface area (Å²) in [5, 5.41) is 36.7. The number of carboxylic acid groups (broad SMARTS) is 1. The number of nitrogens with two attached hydrogens (primary N) is 2. The first kappa shape index (κ1) is 42.4. The monoisotopic (exact) mass is 772 g/mol. The lowest BCUT2D eigenvalue weighted by Gasteiger charge is -2.33. The minimum atomic E-state index is -1.52. The van der Waals surface area contributed by atoms with Gasteiger partial charge in [-0.3, -0.25) is 33.6 Å². The number of amides is 7. The number of aliphatic hydroxyl groups excluding tert-OH is 1. The number of rotatable bonds is 16. The Morgan fingerprint density at radius 3 is 1.89 bits per heavy atom. The lowest BCUT2D eigenvalue weighted by molar-refractivity contribution is -0.150. The molecule has 3 aliphatic heterocycles. The van der Waals surface area contributed by atoms with E-state index in [9.17, 15) is 53.7 Å². The summed E-state index contributed by atoms with van der Waals surface area (Å²) < 4.78 is 0. The topological polar surface area (TPSA) is 295 Å². The summed E-state index contributed by atoms with van der Waals surface area (Å²) in [6, 6.07) is -2.25. The molecule has 10 N–H and O–H groups in total. The van der Waals surface area contributed by atoms with Crippen molar-refractivity contribution >= 4 is 47.3 Å². The largest absolute Gasteiger partial charge is 0.508 e. The van der Waals surface area contributed by atoms with Crippen LogP contribution in [0.5, 0.6) is 5.75 Å². The Hall–Kier alpha value is -5.30. The van der Waals surface area contributed by atoms with Crippen molar-refractivity contribution in [2.45, 2.75) is 108 Å². The number of likely N-dealkylation sites (tertiary alicyclic amines) is 3. The minimum Gasteiger partial charge on any atom is -0.508 e. The Morgan fingerprint density at radius 1 is 0.764 bits per heavy atom. The molecule has 1 aromatic carbocycles. The van der Waals surface area contributed by atoms with Gasteiger partial charge in [-0.1, -0.05) is 26.0 Å². The van der Waals surface area contributed by atoms with E-state index in [0.29, 0.717) is 24.8 Å². The Kier molecular flexibility index (Phi) is 14.5. The SMILES string of the molecule is CC(C)[C@H](NC(=O)[C@H](CC(N)=O)NC(=O)[C@@H]1CCCN1C(=O)[C@@H]1CCCN1C(=O)[C@H](CO)NC(=O)[C@@H](N)Cc1ccc(O)cc1)C(=O)N1CCC[C@H]1C(=O)O. The number of benzene rings is 1. The average molecular weight is 773 g/mol. The molecule has 7 amide bonds. The molecule has 4 rings (SSSR count). The van der Waals surface area contributed by atoms with Crippen molar-refractivity contribution in [3.05, 3.63) is 29.8 Å². The van der Waals surface area contributed by atoms with Crippen LogP contribution >= 0.6 is 0 Å². The third-order valence-electron chi connectivity index (χ3n) is 10.3. The number of carbonyl (C=O) groups excluding carboxylic acids is 7. The highest BCUT2D eigenvalue weighted by Gasteiger charge is 2.45. The number of primary amides is 1. The fraction of sp³-hybridized carbons (Fsp3) is 0.611. The number of nitrogens with zero attached hydrogens (tertiary/aromatic N) is 3. The summed E-state index contributed by atoms with van der Waals surface area (Å²) >= 11 is 0. The van der Waals surface area contributed by atoms with Crippen LogP contribution in [0.4, 0.5) is 0 Å². The van der Waals surface area contributed by atoms with Crippen LogP contribution in [0, 0.1) is 5.92 Å². The molecule has 7 atom stereocenters. The summed E-state index contributed by atoms with van der Waals surface area (Å²) in [5.41, 5.74) is 12.1. The van der Waals surface area contributed by atoms with E-state index in [1.165, 1.54) is 26.8 Å². The maximum absolute atomic E-state index is 14.0. The first-order chi connectivity index (χ1) is 26.0. The van der Waals surface area contributed by atoms with Crippen LogP contribution in [0.15, 0.2) is 24.3 Å². The molecule has 19 heteroatoms. The summed E-state index contributed by atoms with van der Waals surface area (Å²) in [5.74, 6) is -6.77. The number of phenols is 1. The summed E-state index contributed by atoms with van der Waals surface area (Å²) in [6.07, 6.45) is 1.50. The van der Waals surface area contributed by atoms with Crippen molar-refractivity contribution < 1.29 is 53.7 Å². The number of aromatic hydroxyl groups is 1. The van der Waals surface area contributed by atoms with Gasteiger partial charge in [-0.2, -0.15) is 0 Å². The Balaban J connectivity index is 1.41. The molecule has 3 aliphatic rings. The molecule has 1 aromatic rings. The number of carboxylic acids is 1. The maximum atomic E-state index is 14.0. The normalized spacial score (nSPS) is 21.8. The van der Waals surface area contributed by atoms with Crippen LogP contribution in [0.1, 0.15) is 64.4 Å². The number of aliphatic carboxylic acids is 1. The zero-order valence-electron chi connectivity index (χ0n) is 31.0. The minimum absolute atomic E-state index is 0.0417. The smallest absolute Gasteiger partial charge is 0.326 e. The molecule has 0 radical (unpaired) electrons. The first-order valence-corrected chi connectivity index (χ1v) is 18.5. The van der Waals surface area contributed by atoms with Gasteiger partial charge in [-0.05, 0) is 68.6 Å². The van der Waals surface area contributed by atoms with E-state index in [1.54, 1.807) is 26.0 Å². The zero-order chi connectivity index (χ0) is 40.6. The highest BCUT2D eigenvalue weighted by atomic mass is 16.4. The molecule has 0 bridgehead atoms. The van der Waals surface area contributed by atoms with E-state index in [-0.39, 0.29) is 51.1 Å². The van der Waals surface area contributed by atoms with E-state index in [2.05, 4.69) is 16.0 Å². The van der Waals surface area contributed by atoms with E-state index in [4.69, 9.17) is 11.5 Å². The second kappa shape index (κ2) is 18.8. The van der Waals surface area contributed by atoms with Crippen molar-refractivity contribution in [1.29, 1.82) is 0 Å². The number of phenolic OH excluding ortho intramolecular Hbond substituents is 1. The van der Waals surface area contributed by atoms with Gasteiger partial charge in [-0.15, -0.1) is 0 Å². The van der Waals surface area contributed by atoms with Gasteiger partial charge in [0, 0.05) is 19.6 Å². The lowest BCUT2D eigenvalue weighted by Crippen LogP contribution is -2.60. The third-order valence-corrected chi connectivity index (χ3v) is 10.3. The van der Waals surface area contributed by atoms with Crippen molar-refractivity contribution in [2.75, 3.05) is 26.2 Å². The number of nitrogens with one attached hydrogen (secondary N) is 3. The Morgan fingerprint density at radius 2 is 1.33 bits per heavy atom. The fourth-order valence-corrected chi connectivity index (χ4v) is 7.34. The highest BCUT2D eigenvalue weighted by Crippen LogP contribution is 2.26. The second-order valence-electron chi connectivity index (χ2n) is 14.6. The molecule has 3 saturated heterocycles. The number of aliphatic hydroxyl groups is 1. The van der Waals surface area contributed by atoms with Gasteiger partial charge in [0.1, 0.15) is 42.0 Å². The van der Waals surface area contributed by atoms with Crippen molar-refractivity contribution in [3.63, 3.8) is 0 Å². The van der Waals surface area contributed by atoms with Crippen molar-refractivity contribution in [1.82, 2.24) is 30.7 Å². The van der Waals surface area contributed by atoms with E-state index >= 15 is 0 Å². The quantitative estimate of drug-likeness (QED) is 0.0852. The molecule has 3 heterocycles. The molecule has 0 spiro atoms. The highest BCUT2D eigenvalue weighted by molar-refractivity contribution is 5.98. The number of carbonyl (C=O) groups is 8. The zero-order valence-corrected chi connectivity index (χ0v) is 31.0. The predicted molar refractivity (Wildman–Crippen MR) is 193 cm³/mol. The Bertz CT molecular complexity index is 1620. The van der Waals surface area contributed by atoms with E-state index < -0.39 is 109 Å². The molecule has 0 unspecified atom stereocenters. The van der Waals surface area contributed by atoms with Crippen LogP contribution in [0.2, 0.25) is 0 Å². The van der Waals surface area contributed by atoms with E-state index in [0.717, 1.165) is 0 Å². The number of hydrogen-bond donors (Lipinski definition) is 8. The summed E-state index contributed by atoms with van der Waals surface area (Å²) in [4.78, 5) is 109. The lowest BCUT2D eigenvalue weighted by atomic mass is 10.0. The summed E-state index contributed by atoms with van der Waals surface area (Å²) in [7, 11) is 0. The van der Waals surface area contributed by atoms with Gasteiger partial charge in [0.15, 0.2) is 0 Å². The van der Waals surface area contributed by atoms with Gasteiger partial charge in [-0.25, -0.2) is 4.79 Å². The summed E-state index contributed by atoms with van der Waals surface area (Å²) in [6.45, 7) is 3.03. The molecule has 302 valence electrons. The molecule has 19 nitrogen and oxygen atoms in total. The van der Waals surface area contributed by atoms with Crippen LogP contribution in [-0.2, 0) is 44.8 Å². The molecule has 0 aliphatic carbocycles. The van der Waals surface area contributed by atoms with Crippen molar-refractivity contribution in [3.8, 4) is 5.75 Å². The second-order valence-corrected chi connectivity index (χ2v) is 14.6. The van der Waals surface area contributed by atoms with Crippen LogP contribution in [-0.4, -0.2) is 146 Å². The van der Waals surface area contributed by atoms with Gasteiger partial charge >= 0.3 is 5.97 Å². The molecule has 0 saturated carbocycles. The number of hydrogen-bond acceptors (Lipinski definition) is 11. The van der Waals surface area contributed by atoms with Crippen LogP contribution < -0.4 is 27.4 Å². The van der Waals surface area contributed by atoms with E-state index in [1.807, 2.05) is 0 Å². The van der Waals surface area contributed by atoms with Gasteiger partial charge in [0.2, 0.25) is 41.4 Å². The van der Waals surface area contributed by atoms with Crippen LogP contribution in [0.3, 0.4) is 0 Å². The molecular weight excluding hydrogens is 720 g/mol. The molecule has 55 heavy (non-hydrogen) atoms. The molecule has 0 aromatic heterocycles. The standard InChI is InChI=1S/C36H52N8O11/c1-19(2)29(35(53)44-15-5-8-27(44)36(54)55)41-31(49)23(17-28(38)47)39-32(50)25-6-3-13-42(25)34(52)26-7-4-14-43(26)33(51)24(18-45)40-30(48)22(37)16-20-9-11-21(46)12-10-20/h9-12,19,22-27,29,45-46H,3-8,13-18,37H2,1-2H3,(H2,38,47)(H,39,50)(H,40,48)(H,41,49)(H,54,55)/t22-,23-,24-,25-,26-,27-,29-/m0/s1.